The van der Waals surface area contributed by atoms with Crippen molar-refractivity contribution < 1.29 is 9.90 Å². The molecular weight excluding hydrogens is 204 g/mol. The monoisotopic (exact) mass is 228 g/mol. The molecule has 1 atom stereocenters. The molecule has 4 nitrogen and oxygen atoms in total. The topological polar surface area (TPSA) is 52.6 Å². The first-order valence-electron chi connectivity index (χ1n) is 6.26. The lowest BCUT2D eigenvalue weighted by Crippen LogP contribution is -2.35. The number of carbonyl (C=O) groups is 1. The molecule has 1 aliphatic heterocycles. The summed E-state index contributed by atoms with van der Waals surface area (Å²) in [6.07, 6.45) is 2.96. The van der Waals surface area contributed by atoms with Crippen LogP contribution in [0.1, 0.15) is 39.5 Å². The summed E-state index contributed by atoms with van der Waals surface area (Å²) < 4.78 is 0. The fraction of sp³-hybridized carbons (Fsp3) is 0.917. The zero-order chi connectivity index (χ0) is 12.0. The Kier molecular flexibility index (Phi) is 5.22. The highest BCUT2D eigenvalue weighted by atomic mass is 16.3. The number of amides is 1. The second kappa shape index (κ2) is 6.21. The number of carbonyl (C=O) groups excluding carboxylic acids is 1. The third kappa shape index (κ3) is 4.49. The normalized spacial score (nSPS) is 26.6. The number of hydrogen-bond acceptors (Lipinski definition) is 3. The lowest BCUT2D eigenvalue weighted by Gasteiger charge is -2.22. The van der Waals surface area contributed by atoms with Crippen LogP contribution in [0.3, 0.4) is 0 Å². The summed E-state index contributed by atoms with van der Waals surface area (Å²) in [4.78, 5) is 13.7. The molecule has 1 unspecified atom stereocenters. The van der Waals surface area contributed by atoms with Crippen molar-refractivity contribution in [1.29, 1.82) is 0 Å². The molecule has 1 saturated heterocycles. The number of aliphatic hydroxyl groups is 1. The van der Waals surface area contributed by atoms with Crippen molar-refractivity contribution in [1.82, 2.24) is 10.2 Å². The summed E-state index contributed by atoms with van der Waals surface area (Å²) in [7, 11) is 0. The van der Waals surface area contributed by atoms with Gasteiger partial charge in [0.05, 0.1) is 5.60 Å². The maximum atomic E-state index is 11.8. The Balaban J connectivity index is 2.33. The molecule has 0 saturated carbocycles. The molecule has 1 heterocycles. The smallest absolute Gasteiger partial charge is 0.223 e. The van der Waals surface area contributed by atoms with Gasteiger partial charge in [0.1, 0.15) is 0 Å². The molecule has 0 aromatic heterocycles. The predicted molar refractivity (Wildman–Crippen MR) is 64.2 cm³/mol. The number of likely N-dealkylation sites (tertiary alicyclic amines) is 1. The lowest BCUT2D eigenvalue weighted by molar-refractivity contribution is -0.131. The van der Waals surface area contributed by atoms with Crippen LogP contribution < -0.4 is 5.32 Å². The molecule has 94 valence electrons. The first-order valence-corrected chi connectivity index (χ1v) is 6.26. The zero-order valence-corrected chi connectivity index (χ0v) is 10.5. The third-order valence-corrected chi connectivity index (χ3v) is 3.18. The van der Waals surface area contributed by atoms with E-state index in [4.69, 9.17) is 0 Å². The van der Waals surface area contributed by atoms with Gasteiger partial charge in [-0.3, -0.25) is 4.79 Å². The minimum atomic E-state index is -0.587. The minimum absolute atomic E-state index is 0.207. The van der Waals surface area contributed by atoms with E-state index in [1.165, 1.54) is 0 Å². The first-order chi connectivity index (χ1) is 7.55. The maximum Gasteiger partial charge on any atom is 0.223 e. The van der Waals surface area contributed by atoms with E-state index >= 15 is 0 Å². The van der Waals surface area contributed by atoms with Crippen molar-refractivity contribution in [2.45, 2.75) is 45.1 Å². The molecule has 0 spiro atoms. The van der Waals surface area contributed by atoms with Crippen LogP contribution in [0.5, 0.6) is 0 Å². The van der Waals surface area contributed by atoms with Gasteiger partial charge in [0.2, 0.25) is 5.91 Å². The second-order valence-electron chi connectivity index (χ2n) is 4.83. The summed E-state index contributed by atoms with van der Waals surface area (Å²) in [5.41, 5.74) is -0.587. The van der Waals surface area contributed by atoms with Crippen LogP contribution in [0.2, 0.25) is 0 Å². The van der Waals surface area contributed by atoms with Gasteiger partial charge in [-0.25, -0.2) is 0 Å². The molecule has 0 aromatic carbocycles. The van der Waals surface area contributed by atoms with Gasteiger partial charge in [0.15, 0.2) is 0 Å². The Morgan fingerprint density at radius 2 is 2.19 bits per heavy atom. The Morgan fingerprint density at radius 3 is 2.88 bits per heavy atom. The van der Waals surface area contributed by atoms with Gasteiger partial charge in [0, 0.05) is 26.1 Å². The minimum Gasteiger partial charge on any atom is -0.390 e. The van der Waals surface area contributed by atoms with Crippen molar-refractivity contribution in [3.63, 3.8) is 0 Å². The van der Waals surface area contributed by atoms with Crippen LogP contribution in [0.25, 0.3) is 0 Å². The molecule has 0 aromatic rings. The molecular formula is C12H24N2O2. The van der Waals surface area contributed by atoms with Gasteiger partial charge in [-0.2, -0.15) is 0 Å². The van der Waals surface area contributed by atoms with E-state index in [0.717, 1.165) is 32.5 Å². The highest BCUT2D eigenvalue weighted by molar-refractivity contribution is 5.76. The number of rotatable bonds is 4. The van der Waals surface area contributed by atoms with Crippen LogP contribution in [-0.2, 0) is 4.79 Å². The van der Waals surface area contributed by atoms with Crippen molar-refractivity contribution >= 4 is 5.91 Å². The molecule has 0 aliphatic carbocycles. The fourth-order valence-corrected chi connectivity index (χ4v) is 2.04. The van der Waals surface area contributed by atoms with Crippen molar-refractivity contribution in [3.8, 4) is 0 Å². The van der Waals surface area contributed by atoms with E-state index in [1.807, 2.05) is 18.7 Å². The van der Waals surface area contributed by atoms with Crippen LogP contribution in [0, 0.1) is 0 Å². The average molecular weight is 228 g/mol. The van der Waals surface area contributed by atoms with Crippen LogP contribution in [0.4, 0.5) is 0 Å². The molecule has 4 heteroatoms. The number of hydrogen-bond donors (Lipinski definition) is 2. The maximum absolute atomic E-state index is 11.8. The standard InChI is InChI=1S/C12H24N2O2/c1-3-13-8-5-11(15)14-9-4-6-12(2,16)7-10-14/h13,16H,3-10H2,1-2H3. The molecule has 2 N–H and O–H groups in total. The molecule has 0 bridgehead atoms. The quantitative estimate of drug-likeness (QED) is 0.698. The molecule has 1 rings (SSSR count). The largest absolute Gasteiger partial charge is 0.390 e. The summed E-state index contributed by atoms with van der Waals surface area (Å²) >= 11 is 0. The van der Waals surface area contributed by atoms with E-state index in [1.54, 1.807) is 0 Å². The third-order valence-electron chi connectivity index (χ3n) is 3.18. The second-order valence-corrected chi connectivity index (χ2v) is 4.83. The molecule has 0 radical (unpaired) electrons. The van der Waals surface area contributed by atoms with Gasteiger partial charge in [-0.05, 0) is 32.7 Å². The van der Waals surface area contributed by atoms with Gasteiger partial charge in [0.25, 0.3) is 0 Å². The molecule has 1 amide bonds. The highest BCUT2D eigenvalue weighted by Gasteiger charge is 2.26. The fourth-order valence-electron chi connectivity index (χ4n) is 2.04. The zero-order valence-electron chi connectivity index (χ0n) is 10.5. The summed E-state index contributed by atoms with van der Waals surface area (Å²) in [6, 6.07) is 0. The molecule has 16 heavy (non-hydrogen) atoms. The Hall–Kier alpha value is -0.610. The SMILES string of the molecule is CCNCCC(=O)N1CCCC(C)(O)CC1. The van der Waals surface area contributed by atoms with E-state index < -0.39 is 5.60 Å². The summed E-state index contributed by atoms with van der Waals surface area (Å²) in [6.45, 7) is 7.04. The van der Waals surface area contributed by atoms with Crippen molar-refractivity contribution in [2.24, 2.45) is 0 Å². The summed E-state index contributed by atoms with van der Waals surface area (Å²) in [5, 5.41) is 13.1. The average Bonchev–Trinajstić information content (AvgIpc) is 2.39. The summed E-state index contributed by atoms with van der Waals surface area (Å²) in [5.74, 6) is 0.207. The Morgan fingerprint density at radius 1 is 1.44 bits per heavy atom. The van der Waals surface area contributed by atoms with E-state index in [0.29, 0.717) is 19.4 Å². The number of nitrogens with zero attached hydrogens (tertiary/aromatic N) is 1. The van der Waals surface area contributed by atoms with Crippen molar-refractivity contribution in [3.05, 3.63) is 0 Å². The van der Waals surface area contributed by atoms with E-state index in [9.17, 15) is 9.90 Å². The van der Waals surface area contributed by atoms with Gasteiger partial charge >= 0.3 is 0 Å². The van der Waals surface area contributed by atoms with Crippen LogP contribution >= 0.6 is 0 Å². The van der Waals surface area contributed by atoms with Gasteiger partial charge in [-0.1, -0.05) is 6.92 Å². The van der Waals surface area contributed by atoms with E-state index in [-0.39, 0.29) is 5.91 Å². The highest BCUT2D eigenvalue weighted by Crippen LogP contribution is 2.21. The Bertz CT molecular complexity index is 229. The van der Waals surface area contributed by atoms with Gasteiger partial charge < -0.3 is 15.3 Å². The van der Waals surface area contributed by atoms with Crippen LogP contribution in [0.15, 0.2) is 0 Å². The van der Waals surface area contributed by atoms with Gasteiger partial charge in [-0.15, -0.1) is 0 Å². The van der Waals surface area contributed by atoms with E-state index in [2.05, 4.69) is 5.32 Å². The van der Waals surface area contributed by atoms with Crippen molar-refractivity contribution in [2.75, 3.05) is 26.2 Å². The Labute approximate surface area is 98.0 Å². The molecule has 1 fully saturated rings. The molecule has 1 aliphatic rings. The first kappa shape index (κ1) is 13.5. The van der Waals surface area contributed by atoms with Crippen LogP contribution in [-0.4, -0.2) is 47.7 Å². The lowest BCUT2D eigenvalue weighted by atomic mass is 9.98. The number of nitrogens with one attached hydrogen (secondary N) is 1. The predicted octanol–water partition coefficient (Wildman–Crippen LogP) is 0.749.